The fourth-order valence-electron chi connectivity index (χ4n) is 1.33. The van der Waals surface area contributed by atoms with Crippen molar-refractivity contribution in [1.82, 2.24) is 0 Å². The summed E-state index contributed by atoms with van der Waals surface area (Å²) in [6.45, 7) is 0. The molecule has 0 atom stereocenters. The number of halogens is 1. The molecule has 1 heterocycles. The second-order valence-corrected chi connectivity index (χ2v) is 4.61. The molecular formula is C10H7ClO3S. The molecule has 0 amide bonds. The van der Waals surface area contributed by atoms with Crippen molar-refractivity contribution < 1.29 is 14.6 Å². The molecule has 0 aliphatic rings. The summed E-state index contributed by atoms with van der Waals surface area (Å²) in [5, 5.41) is 10.6. The van der Waals surface area contributed by atoms with Crippen molar-refractivity contribution in [3.05, 3.63) is 28.1 Å². The highest BCUT2D eigenvalue weighted by atomic mass is 35.5. The van der Waals surface area contributed by atoms with Gasteiger partial charge in [0.15, 0.2) is 0 Å². The van der Waals surface area contributed by atoms with E-state index in [1.54, 1.807) is 12.1 Å². The number of carbonyl (C=O) groups is 1. The normalized spacial score (nSPS) is 10.5. The molecule has 1 aromatic carbocycles. The third kappa shape index (κ3) is 1.66. The van der Waals surface area contributed by atoms with Crippen LogP contribution in [0.2, 0.25) is 4.34 Å². The Balaban J connectivity index is 2.69. The Morgan fingerprint density at radius 1 is 1.53 bits per heavy atom. The second-order valence-electron chi connectivity index (χ2n) is 2.92. The Hall–Kier alpha value is -1.26. The lowest BCUT2D eigenvalue weighted by Gasteiger charge is -2.02. The summed E-state index contributed by atoms with van der Waals surface area (Å²) in [6.07, 6.45) is 0. The van der Waals surface area contributed by atoms with Gasteiger partial charge in [-0.25, -0.2) is 4.79 Å². The van der Waals surface area contributed by atoms with Gasteiger partial charge in [0.2, 0.25) is 0 Å². The zero-order valence-corrected chi connectivity index (χ0v) is 9.35. The number of aromatic hydroxyl groups is 1. The van der Waals surface area contributed by atoms with E-state index < -0.39 is 5.97 Å². The number of hydrogen-bond acceptors (Lipinski definition) is 4. The predicted molar refractivity (Wildman–Crippen MR) is 59.8 cm³/mol. The summed E-state index contributed by atoms with van der Waals surface area (Å²) in [7, 11) is 1.27. The van der Waals surface area contributed by atoms with Gasteiger partial charge in [-0.1, -0.05) is 17.7 Å². The van der Waals surface area contributed by atoms with Crippen LogP contribution in [0.25, 0.3) is 10.1 Å². The summed E-state index contributed by atoms with van der Waals surface area (Å²) in [5.41, 5.74) is 0.156. The molecule has 0 aliphatic heterocycles. The number of ether oxygens (including phenoxy) is 1. The summed E-state index contributed by atoms with van der Waals surface area (Å²) in [5.74, 6) is -0.629. The lowest BCUT2D eigenvalue weighted by molar-refractivity contribution is 0.0598. The first-order chi connectivity index (χ1) is 7.13. The Morgan fingerprint density at radius 2 is 2.27 bits per heavy atom. The Kier molecular flexibility index (Phi) is 2.54. The first kappa shape index (κ1) is 10.3. The average molecular weight is 243 g/mol. The third-order valence-electron chi connectivity index (χ3n) is 2.04. The Morgan fingerprint density at radius 3 is 2.93 bits per heavy atom. The van der Waals surface area contributed by atoms with Crippen LogP contribution in [0.4, 0.5) is 0 Å². The minimum Gasteiger partial charge on any atom is -0.506 e. The second kappa shape index (κ2) is 3.72. The van der Waals surface area contributed by atoms with Gasteiger partial charge in [-0.3, -0.25) is 0 Å². The van der Waals surface area contributed by atoms with E-state index >= 15 is 0 Å². The average Bonchev–Trinajstić information content (AvgIpc) is 2.59. The quantitative estimate of drug-likeness (QED) is 0.782. The molecular weight excluding hydrogens is 236 g/mol. The zero-order valence-electron chi connectivity index (χ0n) is 7.78. The van der Waals surface area contributed by atoms with Crippen LogP contribution in [0, 0.1) is 0 Å². The molecule has 0 fully saturated rings. The summed E-state index contributed by atoms with van der Waals surface area (Å²) in [6, 6.07) is 4.98. The number of methoxy groups -OCH3 is 1. The molecule has 0 unspecified atom stereocenters. The van der Waals surface area contributed by atoms with Gasteiger partial charge in [-0.2, -0.15) is 0 Å². The van der Waals surface area contributed by atoms with Crippen LogP contribution in [0.1, 0.15) is 10.4 Å². The van der Waals surface area contributed by atoms with E-state index in [-0.39, 0.29) is 11.3 Å². The van der Waals surface area contributed by atoms with Crippen molar-refractivity contribution in [2.75, 3.05) is 7.11 Å². The summed E-state index contributed by atoms with van der Waals surface area (Å²) in [4.78, 5) is 11.3. The largest absolute Gasteiger partial charge is 0.506 e. The number of rotatable bonds is 1. The highest BCUT2D eigenvalue weighted by molar-refractivity contribution is 7.23. The number of hydrogen-bond donors (Lipinski definition) is 1. The number of carbonyl (C=O) groups excluding carboxylic acids is 1. The number of phenolic OH excluding ortho intramolecular Hbond substituents is 1. The summed E-state index contributed by atoms with van der Waals surface area (Å²) < 4.78 is 5.72. The number of fused-ring (bicyclic) bond motifs is 1. The molecule has 0 saturated heterocycles. The molecule has 0 aliphatic carbocycles. The van der Waals surface area contributed by atoms with Crippen LogP contribution in [0.3, 0.4) is 0 Å². The zero-order chi connectivity index (χ0) is 11.0. The Bertz CT molecular complexity index is 533. The van der Waals surface area contributed by atoms with E-state index in [2.05, 4.69) is 4.74 Å². The van der Waals surface area contributed by atoms with Crippen molar-refractivity contribution in [2.24, 2.45) is 0 Å². The first-order valence-electron chi connectivity index (χ1n) is 4.13. The molecule has 0 spiro atoms. The highest BCUT2D eigenvalue weighted by Gasteiger charge is 2.15. The van der Waals surface area contributed by atoms with Crippen molar-refractivity contribution >= 4 is 39.0 Å². The summed E-state index contributed by atoms with van der Waals surface area (Å²) >= 11 is 7.04. The molecule has 78 valence electrons. The number of benzene rings is 1. The maximum atomic E-state index is 11.3. The molecule has 0 saturated carbocycles. The molecule has 0 bridgehead atoms. The van der Waals surface area contributed by atoms with Gasteiger partial charge >= 0.3 is 5.97 Å². The predicted octanol–water partition coefficient (Wildman–Crippen LogP) is 3.05. The molecule has 2 aromatic rings. The lowest BCUT2D eigenvalue weighted by atomic mass is 10.1. The van der Waals surface area contributed by atoms with Crippen LogP contribution in [0.5, 0.6) is 5.75 Å². The molecule has 0 radical (unpaired) electrons. The van der Waals surface area contributed by atoms with Crippen LogP contribution < -0.4 is 0 Å². The minimum atomic E-state index is -0.557. The molecule has 3 nitrogen and oxygen atoms in total. The van der Waals surface area contributed by atoms with Gasteiger partial charge in [0.05, 0.1) is 16.1 Å². The van der Waals surface area contributed by atoms with Gasteiger partial charge in [-0.05, 0) is 17.5 Å². The number of thiophene rings is 1. The number of phenols is 1. The molecule has 1 aromatic heterocycles. The van der Waals surface area contributed by atoms with Crippen molar-refractivity contribution in [2.45, 2.75) is 0 Å². The smallest absolute Gasteiger partial charge is 0.341 e. The maximum absolute atomic E-state index is 11.3. The Labute approximate surface area is 94.9 Å². The van der Waals surface area contributed by atoms with Gasteiger partial charge in [0, 0.05) is 0 Å². The van der Waals surface area contributed by atoms with Crippen molar-refractivity contribution in [3.63, 3.8) is 0 Å². The van der Waals surface area contributed by atoms with Crippen LogP contribution in [-0.4, -0.2) is 18.2 Å². The van der Waals surface area contributed by atoms with Gasteiger partial charge < -0.3 is 9.84 Å². The molecule has 1 N–H and O–H groups in total. The topological polar surface area (TPSA) is 46.5 Å². The fraction of sp³-hybridized carbons (Fsp3) is 0.100. The van der Waals surface area contributed by atoms with Gasteiger partial charge in [0.25, 0.3) is 0 Å². The van der Waals surface area contributed by atoms with Gasteiger partial charge in [0.1, 0.15) is 11.3 Å². The van der Waals surface area contributed by atoms with E-state index in [1.807, 2.05) is 0 Å². The monoisotopic (exact) mass is 242 g/mol. The molecule has 5 heteroatoms. The number of esters is 1. The van der Waals surface area contributed by atoms with Gasteiger partial charge in [-0.15, -0.1) is 11.3 Å². The first-order valence-corrected chi connectivity index (χ1v) is 5.32. The highest BCUT2D eigenvalue weighted by Crippen LogP contribution is 2.37. The van der Waals surface area contributed by atoms with E-state index in [0.717, 1.165) is 5.39 Å². The van der Waals surface area contributed by atoms with Crippen molar-refractivity contribution in [3.8, 4) is 5.75 Å². The molecule has 2 rings (SSSR count). The lowest BCUT2D eigenvalue weighted by Crippen LogP contribution is -2.00. The van der Waals surface area contributed by atoms with E-state index in [4.69, 9.17) is 11.6 Å². The minimum absolute atomic E-state index is 0.0729. The van der Waals surface area contributed by atoms with E-state index in [1.165, 1.54) is 24.5 Å². The van der Waals surface area contributed by atoms with Crippen LogP contribution in [-0.2, 0) is 4.74 Å². The molecule has 15 heavy (non-hydrogen) atoms. The SMILES string of the molecule is COC(=O)c1ccc2cc(Cl)sc2c1O. The maximum Gasteiger partial charge on any atom is 0.341 e. The van der Waals surface area contributed by atoms with Crippen molar-refractivity contribution in [1.29, 1.82) is 0 Å². The standard InChI is InChI=1S/C10H7ClO3S/c1-14-10(13)6-3-2-5-4-7(11)15-9(5)8(6)12/h2-4,12H,1H3. The fourth-order valence-corrected chi connectivity index (χ4v) is 2.51. The van der Waals surface area contributed by atoms with E-state index in [0.29, 0.717) is 9.04 Å². The van der Waals surface area contributed by atoms with E-state index in [9.17, 15) is 9.90 Å². The van der Waals surface area contributed by atoms with Crippen LogP contribution in [0.15, 0.2) is 18.2 Å². The van der Waals surface area contributed by atoms with Crippen LogP contribution >= 0.6 is 22.9 Å². The third-order valence-corrected chi connectivity index (χ3v) is 3.32.